The molecular weight excluding hydrogens is 402 g/mol. The fraction of sp³-hybridized carbons (Fsp3) is 0. The second kappa shape index (κ2) is 6.48. The van der Waals surface area contributed by atoms with E-state index in [-0.39, 0.29) is 11.6 Å². The summed E-state index contributed by atoms with van der Waals surface area (Å²) in [6.45, 7) is 0. The van der Waals surface area contributed by atoms with Crippen molar-refractivity contribution in [2.24, 2.45) is 5.10 Å². The van der Waals surface area contributed by atoms with Gasteiger partial charge in [-0.2, -0.15) is 10.1 Å². The smallest absolute Gasteiger partial charge is 0.278 e. The van der Waals surface area contributed by atoms with Gasteiger partial charge in [0.1, 0.15) is 5.52 Å². The molecule has 0 unspecified atom stereocenters. The van der Waals surface area contributed by atoms with Crippen molar-refractivity contribution < 1.29 is 4.92 Å². The highest BCUT2D eigenvalue weighted by Gasteiger charge is 2.11. The first-order chi connectivity index (χ1) is 12.6. The molecule has 128 valence electrons. The topological polar surface area (TPSA) is 122 Å². The molecule has 10 heteroatoms. The van der Waals surface area contributed by atoms with Crippen molar-refractivity contribution in [1.82, 2.24) is 20.2 Å². The maximum absolute atomic E-state index is 11.0. The van der Waals surface area contributed by atoms with Crippen LogP contribution in [0.3, 0.4) is 0 Å². The zero-order valence-electron chi connectivity index (χ0n) is 13.0. The summed E-state index contributed by atoms with van der Waals surface area (Å²) in [6.07, 6.45) is 1.34. The highest BCUT2D eigenvalue weighted by atomic mass is 79.9. The number of hydrogen-bond acceptors (Lipinski definition) is 7. The van der Waals surface area contributed by atoms with Crippen LogP contribution in [0.25, 0.3) is 22.1 Å². The molecule has 4 rings (SSSR count). The number of rotatable bonds is 4. The number of nitrogens with zero attached hydrogens (tertiary/aromatic N) is 5. The second-order valence-corrected chi connectivity index (χ2v) is 6.25. The molecule has 0 atom stereocenters. The number of nitro groups is 1. The SMILES string of the molecule is O=[N+]([O-])c1ccccc1C=NNc1nnc2c(n1)[nH]c1ccc(Br)cc12. The molecule has 0 saturated carbocycles. The monoisotopic (exact) mass is 411 g/mol. The maximum Gasteiger partial charge on any atom is 0.278 e. The summed E-state index contributed by atoms with van der Waals surface area (Å²) in [7, 11) is 0. The van der Waals surface area contributed by atoms with Crippen LogP contribution in [0.2, 0.25) is 0 Å². The Balaban J connectivity index is 1.62. The number of H-pyrrole nitrogens is 1. The van der Waals surface area contributed by atoms with Crippen LogP contribution in [0, 0.1) is 10.1 Å². The van der Waals surface area contributed by atoms with E-state index in [1.54, 1.807) is 18.2 Å². The number of aromatic nitrogens is 4. The number of fused-ring (bicyclic) bond motifs is 3. The van der Waals surface area contributed by atoms with Gasteiger partial charge in [0, 0.05) is 21.4 Å². The molecule has 4 aromatic rings. The Kier molecular flexibility index (Phi) is 4.01. The van der Waals surface area contributed by atoms with E-state index in [9.17, 15) is 10.1 Å². The number of benzene rings is 2. The van der Waals surface area contributed by atoms with Crippen molar-refractivity contribution in [2.75, 3.05) is 5.43 Å². The third kappa shape index (κ3) is 2.97. The van der Waals surface area contributed by atoms with Gasteiger partial charge in [-0.05, 0) is 24.3 Å². The van der Waals surface area contributed by atoms with E-state index in [0.29, 0.717) is 16.7 Å². The van der Waals surface area contributed by atoms with Crippen molar-refractivity contribution in [3.05, 3.63) is 62.6 Å². The largest absolute Gasteiger partial charge is 0.338 e. The minimum absolute atomic E-state index is 0.0336. The van der Waals surface area contributed by atoms with Crippen LogP contribution in [0.1, 0.15) is 5.56 Å². The lowest BCUT2D eigenvalue weighted by Crippen LogP contribution is -2.00. The summed E-state index contributed by atoms with van der Waals surface area (Å²) in [5, 5.41) is 24.0. The highest BCUT2D eigenvalue weighted by molar-refractivity contribution is 9.10. The van der Waals surface area contributed by atoms with Crippen LogP contribution in [0.15, 0.2) is 52.0 Å². The average molecular weight is 412 g/mol. The number of hydrazone groups is 1. The molecule has 0 bridgehead atoms. The lowest BCUT2D eigenvalue weighted by Gasteiger charge is -1.98. The van der Waals surface area contributed by atoms with E-state index in [0.717, 1.165) is 15.4 Å². The van der Waals surface area contributed by atoms with Gasteiger partial charge in [0.2, 0.25) is 0 Å². The fourth-order valence-electron chi connectivity index (χ4n) is 2.51. The lowest BCUT2D eigenvalue weighted by molar-refractivity contribution is -0.385. The van der Waals surface area contributed by atoms with Gasteiger partial charge in [-0.1, -0.05) is 28.1 Å². The van der Waals surface area contributed by atoms with Crippen LogP contribution in [-0.2, 0) is 0 Å². The van der Waals surface area contributed by atoms with E-state index >= 15 is 0 Å². The zero-order chi connectivity index (χ0) is 18.1. The second-order valence-electron chi connectivity index (χ2n) is 5.33. The molecule has 2 aromatic heterocycles. The molecule has 0 aliphatic rings. The Morgan fingerprint density at radius 2 is 2.08 bits per heavy atom. The molecule has 0 spiro atoms. The van der Waals surface area contributed by atoms with Crippen LogP contribution in [0.4, 0.5) is 11.6 Å². The van der Waals surface area contributed by atoms with Crippen LogP contribution >= 0.6 is 15.9 Å². The van der Waals surface area contributed by atoms with Crippen molar-refractivity contribution in [3.8, 4) is 0 Å². The molecule has 2 heterocycles. The van der Waals surface area contributed by atoms with Crippen LogP contribution in [-0.4, -0.2) is 31.3 Å². The molecule has 0 amide bonds. The molecule has 0 aliphatic heterocycles. The van der Waals surface area contributed by atoms with Gasteiger partial charge < -0.3 is 4.98 Å². The van der Waals surface area contributed by atoms with Gasteiger partial charge in [0.25, 0.3) is 11.6 Å². The van der Waals surface area contributed by atoms with Crippen LogP contribution < -0.4 is 5.43 Å². The van der Waals surface area contributed by atoms with Gasteiger partial charge >= 0.3 is 0 Å². The first kappa shape index (κ1) is 16.1. The molecule has 9 nitrogen and oxygen atoms in total. The van der Waals surface area contributed by atoms with Crippen molar-refractivity contribution in [1.29, 1.82) is 0 Å². The fourth-order valence-corrected chi connectivity index (χ4v) is 2.87. The van der Waals surface area contributed by atoms with Crippen molar-refractivity contribution >= 4 is 55.8 Å². The van der Waals surface area contributed by atoms with Gasteiger partial charge in [0.15, 0.2) is 5.65 Å². The highest BCUT2D eigenvalue weighted by Crippen LogP contribution is 2.25. The Labute approximate surface area is 154 Å². The normalized spacial score (nSPS) is 11.4. The maximum atomic E-state index is 11.0. The van der Waals surface area contributed by atoms with Gasteiger partial charge in [0.05, 0.1) is 16.7 Å². The van der Waals surface area contributed by atoms with E-state index in [2.05, 4.69) is 46.6 Å². The molecule has 2 N–H and O–H groups in total. The Bertz CT molecular complexity index is 1170. The number of para-hydroxylation sites is 1. The van der Waals surface area contributed by atoms with E-state index < -0.39 is 4.92 Å². The lowest BCUT2D eigenvalue weighted by atomic mass is 10.2. The summed E-state index contributed by atoms with van der Waals surface area (Å²) in [5.74, 6) is 0.179. The van der Waals surface area contributed by atoms with Crippen molar-refractivity contribution in [3.63, 3.8) is 0 Å². The average Bonchev–Trinajstić information content (AvgIpc) is 2.99. The predicted octanol–water partition coefficient (Wildman–Crippen LogP) is 3.62. The predicted molar refractivity (Wildman–Crippen MR) is 101 cm³/mol. The molecule has 2 aromatic carbocycles. The Morgan fingerprint density at radius 1 is 1.23 bits per heavy atom. The minimum atomic E-state index is -0.464. The molecule has 0 aliphatic carbocycles. The van der Waals surface area contributed by atoms with E-state index in [4.69, 9.17) is 0 Å². The molecule has 0 fully saturated rings. The van der Waals surface area contributed by atoms with E-state index in [1.807, 2.05) is 18.2 Å². The summed E-state index contributed by atoms with van der Waals surface area (Å²) in [6, 6.07) is 12.1. The number of nitro benzene ring substituents is 1. The number of nitrogens with one attached hydrogen (secondary N) is 2. The molecule has 26 heavy (non-hydrogen) atoms. The molecule has 0 radical (unpaired) electrons. The summed E-state index contributed by atoms with van der Waals surface area (Å²) >= 11 is 3.43. The van der Waals surface area contributed by atoms with E-state index in [1.165, 1.54) is 12.3 Å². The van der Waals surface area contributed by atoms with Gasteiger partial charge in [-0.3, -0.25) is 10.1 Å². The Morgan fingerprint density at radius 3 is 2.92 bits per heavy atom. The minimum Gasteiger partial charge on any atom is -0.338 e. The number of halogens is 1. The van der Waals surface area contributed by atoms with Gasteiger partial charge in [-0.15, -0.1) is 10.2 Å². The Hall–Kier alpha value is -3.40. The number of aromatic amines is 1. The van der Waals surface area contributed by atoms with Crippen LogP contribution in [0.5, 0.6) is 0 Å². The molecular formula is C16H10BrN7O2. The zero-order valence-corrected chi connectivity index (χ0v) is 14.6. The van der Waals surface area contributed by atoms with Crippen molar-refractivity contribution in [2.45, 2.75) is 0 Å². The first-order valence-corrected chi connectivity index (χ1v) is 8.25. The standard InChI is InChI=1S/C16H10BrN7O2/c17-10-5-6-12-11(7-10)14-15(19-12)20-16(23-21-14)22-18-8-9-3-1-2-4-13(9)24(25)26/h1-8H,(H2,19,20,22,23). The van der Waals surface area contributed by atoms with Gasteiger partial charge in [-0.25, -0.2) is 5.43 Å². The first-order valence-electron chi connectivity index (χ1n) is 7.46. The number of anilines is 1. The summed E-state index contributed by atoms with van der Waals surface area (Å²) in [4.78, 5) is 18.0. The third-order valence-corrected chi connectivity index (χ3v) is 4.17. The molecule has 0 saturated heterocycles. The summed E-state index contributed by atoms with van der Waals surface area (Å²) < 4.78 is 0.934. The number of hydrogen-bond donors (Lipinski definition) is 2. The third-order valence-electron chi connectivity index (χ3n) is 3.68. The quantitative estimate of drug-likeness (QED) is 0.300. The summed E-state index contributed by atoms with van der Waals surface area (Å²) in [5.41, 5.74) is 5.08.